The van der Waals surface area contributed by atoms with Crippen molar-refractivity contribution >= 4 is 17.4 Å². The number of amides is 2. The summed E-state index contributed by atoms with van der Waals surface area (Å²) in [6.45, 7) is 0. The van der Waals surface area contributed by atoms with Crippen LogP contribution in [0.2, 0.25) is 0 Å². The van der Waals surface area contributed by atoms with Crippen molar-refractivity contribution in [3.05, 3.63) is 76.3 Å². The van der Waals surface area contributed by atoms with Gasteiger partial charge in [0.15, 0.2) is 0 Å². The minimum atomic E-state index is -4.63. The molecule has 34 heavy (non-hydrogen) atoms. The molecule has 172 valence electrons. The van der Waals surface area contributed by atoms with Crippen molar-refractivity contribution < 1.29 is 22.9 Å². The average molecular weight is 469 g/mol. The Morgan fingerprint density at radius 1 is 1.03 bits per heavy atom. The fourth-order valence-corrected chi connectivity index (χ4v) is 3.52. The molecule has 2 amide bonds. The van der Waals surface area contributed by atoms with Crippen LogP contribution in [0.5, 0.6) is 0 Å². The van der Waals surface area contributed by atoms with E-state index >= 15 is 0 Å². The van der Waals surface area contributed by atoms with Gasteiger partial charge in [0.1, 0.15) is 0 Å². The molecule has 1 heterocycles. The fourth-order valence-electron chi connectivity index (χ4n) is 3.52. The lowest BCUT2D eigenvalue weighted by Crippen LogP contribution is -2.20. The number of nitro groups is 1. The summed E-state index contributed by atoms with van der Waals surface area (Å²) in [5.74, 6) is -0.0385. The number of urea groups is 1. The Hall–Kier alpha value is -4.81. The molecular formula is C21H14F3N7O3. The van der Waals surface area contributed by atoms with Crippen LogP contribution >= 0.6 is 0 Å². The molecule has 10 nitrogen and oxygen atoms in total. The average Bonchev–Trinajstić information content (AvgIpc) is 3.32. The summed E-state index contributed by atoms with van der Waals surface area (Å²) < 4.78 is 40.5. The predicted molar refractivity (Wildman–Crippen MR) is 115 cm³/mol. The highest BCUT2D eigenvalue weighted by atomic mass is 19.4. The van der Waals surface area contributed by atoms with Crippen molar-refractivity contribution in [3.63, 3.8) is 0 Å². The number of rotatable bonds is 5. The van der Waals surface area contributed by atoms with Gasteiger partial charge in [-0.25, -0.2) is 4.79 Å². The highest BCUT2D eigenvalue weighted by Crippen LogP contribution is 2.44. The number of carbonyl (C=O) groups excluding carboxylic acids is 1. The molecule has 4 rings (SSSR count). The van der Waals surface area contributed by atoms with Gasteiger partial charge in [-0.1, -0.05) is 30.3 Å². The number of nitrogens with zero attached hydrogens (tertiary/aromatic N) is 4. The van der Waals surface area contributed by atoms with Crippen LogP contribution in [0, 0.1) is 10.1 Å². The minimum absolute atomic E-state index is 0.0385. The molecule has 0 radical (unpaired) electrons. The zero-order chi connectivity index (χ0) is 24.5. The van der Waals surface area contributed by atoms with E-state index in [2.05, 4.69) is 25.9 Å². The first kappa shape index (κ1) is 22.4. The van der Waals surface area contributed by atoms with Gasteiger partial charge in [-0.3, -0.25) is 10.1 Å². The van der Waals surface area contributed by atoms with E-state index in [9.17, 15) is 28.1 Å². The molecule has 0 unspecified atom stereocenters. The number of halogens is 3. The second-order valence-corrected chi connectivity index (χ2v) is 7.02. The molecule has 0 bridgehead atoms. The van der Waals surface area contributed by atoms with Gasteiger partial charge in [-0.05, 0) is 40.1 Å². The highest BCUT2D eigenvalue weighted by Gasteiger charge is 2.31. The summed E-state index contributed by atoms with van der Waals surface area (Å²) in [6.07, 6.45) is -4.63. The molecule has 4 aromatic rings. The first-order valence-electron chi connectivity index (χ1n) is 9.55. The van der Waals surface area contributed by atoms with Gasteiger partial charge in [0, 0.05) is 17.7 Å². The van der Waals surface area contributed by atoms with Gasteiger partial charge >= 0.3 is 12.2 Å². The lowest BCUT2D eigenvalue weighted by Gasteiger charge is -2.19. The number of aromatic amines is 1. The van der Waals surface area contributed by atoms with Gasteiger partial charge in [-0.15, -0.1) is 10.2 Å². The van der Waals surface area contributed by atoms with Gasteiger partial charge in [0.2, 0.25) is 5.82 Å². The van der Waals surface area contributed by atoms with Crippen LogP contribution in [-0.4, -0.2) is 31.6 Å². The van der Waals surface area contributed by atoms with Crippen molar-refractivity contribution in [2.45, 2.75) is 6.18 Å². The Balaban J connectivity index is 2.10. The summed E-state index contributed by atoms with van der Waals surface area (Å²) in [5, 5.41) is 27.3. The van der Waals surface area contributed by atoms with Crippen LogP contribution in [0.4, 0.5) is 29.3 Å². The van der Waals surface area contributed by atoms with Crippen LogP contribution in [0.3, 0.4) is 0 Å². The van der Waals surface area contributed by atoms with Crippen molar-refractivity contribution in [2.75, 3.05) is 5.32 Å². The first-order chi connectivity index (χ1) is 16.1. The summed E-state index contributed by atoms with van der Waals surface area (Å²) in [7, 11) is 0. The molecule has 1 aromatic heterocycles. The Morgan fingerprint density at radius 2 is 1.76 bits per heavy atom. The number of tetrazole rings is 1. The highest BCUT2D eigenvalue weighted by molar-refractivity contribution is 6.02. The molecule has 13 heteroatoms. The third kappa shape index (κ3) is 4.39. The predicted octanol–water partition coefficient (Wildman–Crippen LogP) is 4.62. The Bertz CT molecular complexity index is 1390. The van der Waals surface area contributed by atoms with E-state index in [1.165, 1.54) is 42.5 Å². The third-order valence-electron chi connectivity index (χ3n) is 4.88. The number of alkyl halides is 3. The molecular weight excluding hydrogens is 455 g/mol. The topological polar surface area (TPSA) is 153 Å². The van der Waals surface area contributed by atoms with Crippen LogP contribution in [-0.2, 0) is 6.18 Å². The number of H-pyrrole nitrogens is 1. The molecule has 0 atom stereocenters. The molecule has 4 N–H and O–H groups in total. The number of nitrogens with one attached hydrogen (secondary N) is 2. The van der Waals surface area contributed by atoms with Crippen molar-refractivity contribution in [1.29, 1.82) is 0 Å². The number of anilines is 1. The molecule has 0 saturated carbocycles. The number of aromatic nitrogens is 4. The van der Waals surface area contributed by atoms with Crippen LogP contribution in [0.1, 0.15) is 5.56 Å². The maximum absolute atomic E-state index is 13.5. The minimum Gasteiger partial charge on any atom is -0.351 e. The molecule has 0 saturated heterocycles. The largest absolute Gasteiger partial charge is 0.416 e. The Labute approximate surface area is 188 Å². The van der Waals surface area contributed by atoms with Crippen LogP contribution in [0.15, 0.2) is 60.7 Å². The van der Waals surface area contributed by atoms with Crippen molar-refractivity contribution in [3.8, 4) is 33.6 Å². The number of hydrogen-bond acceptors (Lipinski definition) is 6. The number of nitro benzene ring substituents is 1. The molecule has 0 fully saturated rings. The zero-order valence-corrected chi connectivity index (χ0v) is 17.0. The van der Waals surface area contributed by atoms with E-state index < -0.39 is 22.7 Å². The van der Waals surface area contributed by atoms with Crippen LogP contribution < -0.4 is 11.1 Å². The lowest BCUT2D eigenvalue weighted by atomic mass is 9.88. The number of benzene rings is 3. The summed E-state index contributed by atoms with van der Waals surface area (Å²) >= 11 is 0. The number of primary amides is 1. The Morgan fingerprint density at radius 3 is 2.41 bits per heavy atom. The van der Waals surface area contributed by atoms with E-state index in [1.807, 2.05) is 0 Å². The molecule has 0 aliphatic heterocycles. The van der Waals surface area contributed by atoms with E-state index in [1.54, 1.807) is 6.07 Å². The lowest BCUT2D eigenvalue weighted by molar-refractivity contribution is -0.384. The zero-order valence-electron chi connectivity index (χ0n) is 17.0. The third-order valence-corrected chi connectivity index (χ3v) is 4.88. The van der Waals surface area contributed by atoms with Gasteiger partial charge in [-0.2, -0.15) is 18.4 Å². The summed E-state index contributed by atoms with van der Waals surface area (Å²) in [5.41, 5.74) is 5.34. The second-order valence-electron chi connectivity index (χ2n) is 7.02. The standard InChI is InChI=1S/C21H14F3N7O3/c22-21(23,24)13-5-1-4-12(9-13)17-15(11-3-2-6-14(10-11)31(33)34)7-8-16(26-20(25)32)18(17)19-27-29-30-28-19/h1-10H,(H3,25,26,32)(H,27,28,29,30). The maximum Gasteiger partial charge on any atom is 0.416 e. The first-order valence-corrected chi connectivity index (χ1v) is 9.55. The Kier molecular flexibility index (Phi) is 5.67. The fraction of sp³-hybridized carbons (Fsp3) is 0.0476. The molecule has 0 aliphatic rings. The van der Waals surface area contributed by atoms with Crippen molar-refractivity contribution in [1.82, 2.24) is 20.6 Å². The van der Waals surface area contributed by atoms with Crippen LogP contribution in [0.25, 0.3) is 33.6 Å². The van der Waals surface area contributed by atoms with E-state index in [0.717, 1.165) is 12.1 Å². The quantitative estimate of drug-likeness (QED) is 0.286. The normalized spacial score (nSPS) is 11.3. The van der Waals surface area contributed by atoms with E-state index in [-0.39, 0.29) is 33.9 Å². The number of hydrogen-bond donors (Lipinski definition) is 3. The monoisotopic (exact) mass is 469 g/mol. The summed E-state index contributed by atoms with van der Waals surface area (Å²) in [6, 6.07) is 12.1. The molecule has 3 aromatic carbocycles. The van der Waals surface area contributed by atoms with Crippen molar-refractivity contribution in [2.24, 2.45) is 5.73 Å². The molecule has 0 spiro atoms. The summed E-state index contributed by atoms with van der Waals surface area (Å²) in [4.78, 5) is 22.3. The van der Waals surface area contributed by atoms with E-state index in [4.69, 9.17) is 5.73 Å². The van der Waals surface area contributed by atoms with Gasteiger partial charge in [0.25, 0.3) is 5.69 Å². The van der Waals surface area contributed by atoms with E-state index in [0.29, 0.717) is 11.1 Å². The number of nitrogens with two attached hydrogens (primary N) is 1. The van der Waals surface area contributed by atoms with Gasteiger partial charge < -0.3 is 11.1 Å². The molecule has 0 aliphatic carbocycles. The SMILES string of the molecule is NC(=O)Nc1ccc(-c2cccc([N+](=O)[O-])c2)c(-c2cccc(C(F)(F)F)c2)c1-c1nn[nH]n1. The maximum atomic E-state index is 13.5. The van der Waals surface area contributed by atoms with Gasteiger partial charge in [0.05, 0.1) is 21.7 Å². The number of non-ortho nitro benzene ring substituents is 1. The number of carbonyl (C=O) groups is 1. The smallest absolute Gasteiger partial charge is 0.351 e. The second kappa shape index (κ2) is 8.61.